The molecule has 0 aromatic heterocycles. The summed E-state index contributed by atoms with van der Waals surface area (Å²) in [5.41, 5.74) is 0. The van der Waals surface area contributed by atoms with Crippen LogP contribution >= 0.6 is 23.5 Å². The van der Waals surface area contributed by atoms with Crippen LogP contribution < -0.4 is 0 Å². The topological polar surface area (TPSA) is 9.23 Å². The van der Waals surface area contributed by atoms with E-state index in [9.17, 15) is 0 Å². The molecule has 0 amide bonds. The summed E-state index contributed by atoms with van der Waals surface area (Å²) in [7, 11) is -1.53. The molecule has 0 aliphatic heterocycles. The average Bonchev–Trinajstić information content (AvgIpc) is 2.23. The molecule has 0 aromatic carbocycles. The van der Waals surface area contributed by atoms with Crippen molar-refractivity contribution in [2.24, 2.45) is 0 Å². The van der Waals surface area contributed by atoms with Gasteiger partial charge in [0.2, 0.25) is 0 Å². The van der Waals surface area contributed by atoms with Gasteiger partial charge in [0, 0.05) is 6.61 Å². The van der Waals surface area contributed by atoms with Crippen LogP contribution in [0.4, 0.5) is 0 Å². The smallest absolute Gasteiger partial charge is 0.191 e. The molecule has 0 radical (unpaired) electrons. The summed E-state index contributed by atoms with van der Waals surface area (Å²) in [5.74, 6) is 2.45. The Morgan fingerprint density at radius 1 is 1.06 bits per heavy atom. The first-order chi connectivity index (χ1) is 8.24. The van der Waals surface area contributed by atoms with Gasteiger partial charge in [-0.25, -0.2) is 0 Å². The molecule has 0 N–H and O–H groups in total. The van der Waals surface area contributed by atoms with Gasteiger partial charge in [-0.3, -0.25) is 0 Å². The molecule has 0 aromatic rings. The van der Waals surface area contributed by atoms with E-state index in [1.807, 2.05) is 0 Å². The highest BCUT2D eigenvalue weighted by Gasteiger charge is 2.36. The molecule has 0 aliphatic carbocycles. The van der Waals surface area contributed by atoms with E-state index in [2.05, 4.69) is 71.2 Å². The zero-order valence-corrected chi connectivity index (χ0v) is 16.0. The molecule has 0 aliphatic rings. The SMILES string of the molecule is CCSC(CCCO[Si](C)(C)C(C)(C)C)SCC. The molecule has 0 atom stereocenters. The van der Waals surface area contributed by atoms with Crippen molar-refractivity contribution in [3.05, 3.63) is 0 Å². The lowest BCUT2D eigenvalue weighted by Crippen LogP contribution is -2.41. The lowest BCUT2D eigenvalue weighted by atomic mass is 10.2. The first kappa shape index (κ1) is 18.9. The van der Waals surface area contributed by atoms with Gasteiger partial charge in [0.1, 0.15) is 0 Å². The van der Waals surface area contributed by atoms with Crippen molar-refractivity contribution in [1.82, 2.24) is 0 Å². The largest absolute Gasteiger partial charge is 0.417 e. The van der Waals surface area contributed by atoms with Gasteiger partial charge >= 0.3 is 0 Å². The monoisotopic (exact) mass is 308 g/mol. The molecule has 110 valence electrons. The van der Waals surface area contributed by atoms with E-state index < -0.39 is 8.32 Å². The maximum Gasteiger partial charge on any atom is 0.191 e. The van der Waals surface area contributed by atoms with E-state index in [0.29, 0.717) is 5.04 Å². The Labute approximate surface area is 124 Å². The summed E-state index contributed by atoms with van der Waals surface area (Å²) in [6, 6.07) is 0. The normalized spacial score (nSPS) is 13.3. The van der Waals surface area contributed by atoms with Crippen molar-refractivity contribution in [3.8, 4) is 0 Å². The summed E-state index contributed by atoms with van der Waals surface area (Å²) >= 11 is 4.17. The molecule has 0 spiro atoms. The molecule has 0 saturated heterocycles. The Morgan fingerprint density at radius 3 is 1.94 bits per heavy atom. The van der Waals surface area contributed by atoms with Crippen molar-refractivity contribution in [1.29, 1.82) is 0 Å². The second-order valence-corrected chi connectivity index (χ2v) is 14.2. The number of thioether (sulfide) groups is 2. The van der Waals surface area contributed by atoms with Gasteiger partial charge in [0.15, 0.2) is 8.32 Å². The molecule has 0 rings (SSSR count). The van der Waals surface area contributed by atoms with Crippen LogP contribution in [0.5, 0.6) is 0 Å². The molecule has 4 heteroatoms. The Morgan fingerprint density at radius 2 is 1.56 bits per heavy atom. The Balaban J connectivity index is 3.90. The summed E-state index contributed by atoms with van der Waals surface area (Å²) < 4.78 is 6.99. The summed E-state index contributed by atoms with van der Waals surface area (Å²) in [6.07, 6.45) is 2.49. The standard InChI is InChI=1S/C14H32OS2Si/c1-8-16-13(17-9-2)11-10-12-15-18(6,7)14(3,4)5/h13H,8-12H2,1-7H3. The fraction of sp³-hybridized carbons (Fsp3) is 1.00. The molecule has 0 heterocycles. The molecule has 0 bridgehead atoms. The highest BCUT2D eigenvalue weighted by atomic mass is 32.2. The molecule has 0 unspecified atom stereocenters. The number of hydrogen-bond acceptors (Lipinski definition) is 3. The summed E-state index contributed by atoms with van der Waals surface area (Å²) in [6.45, 7) is 17.0. The Bertz CT molecular complexity index is 208. The fourth-order valence-electron chi connectivity index (χ4n) is 1.38. The molecule has 18 heavy (non-hydrogen) atoms. The second kappa shape index (κ2) is 8.93. The lowest BCUT2D eigenvalue weighted by molar-refractivity contribution is 0.281. The van der Waals surface area contributed by atoms with Crippen LogP contribution in [0.3, 0.4) is 0 Å². The quantitative estimate of drug-likeness (QED) is 0.311. The predicted molar refractivity (Wildman–Crippen MR) is 92.4 cm³/mol. The van der Waals surface area contributed by atoms with Gasteiger partial charge < -0.3 is 4.43 Å². The minimum Gasteiger partial charge on any atom is -0.417 e. The predicted octanol–water partition coefficient (Wildman–Crippen LogP) is 5.62. The van der Waals surface area contributed by atoms with Crippen LogP contribution in [0.2, 0.25) is 18.1 Å². The van der Waals surface area contributed by atoms with E-state index in [1.165, 1.54) is 24.3 Å². The maximum atomic E-state index is 6.22. The van der Waals surface area contributed by atoms with Crippen molar-refractivity contribution in [3.63, 3.8) is 0 Å². The second-order valence-electron chi connectivity index (χ2n) is 6.09. The minimum absolute atomic E-state index is 0.336. The van der Waals surface area contributed by atoms with Gasteiger partial charge in [-0.15, -0.1) is 23.5 Å². The molecular formula is C14H32OS2Si. The highest BCUT2D eigenvalue weighted by Crippen LogP contribution is 2.36. The molecular weight excluding hydrogens is 276 g/mol. The fourth-order valence-corrected chi connectivity index (χ4v) is 5.08. The Hall–Kier alpha value is 0.877. The van der Waals surface area contributed by atoms with Gasteiger partial charge in [0.05, 0.1) is 4.58 Å². The molecule has 1 nitrogen and oxygen atoms in total. The van der Waals surface area contributed by atoms with E-state index in [4.69, 9.17) is 4.43 Å². The van der Waals surface area contributed by atoms with Gasteiger partial charge in [0.25, 0.3) is 0 Å². The molecule has 0 fully saturated rings. The van der Waals surface area contributed by atoms with Gasteiger partial charge in [-0.2, -0.15) is 0 Å². The Kier molecular flexibility index (Phi) is 9.37. The van der Waals surface area contributed by atoms with Crippen LogP contribution in [-0.4, -0.2) is 31.0 Å². The van der Waals surface area contributed by atoms with E-state index in [0.717, 1.165) is 11.2 Å². The van der Waals surface area contributed by atoms with Crippen LogP contribution in [0, 0.1) is 0 Å². The van der Waals surface area contributed by atoms with E-state index >= 15 is 0 Å². The molecule has 0 saturated carbocycles. The lowest BCUT2D eigenvalue weighted by Gasteiger charge is -2.36. The van der Waals surface area contributed by atoms with Gasteiger partial charge in [-0.05, 0) is 42.5 Å². The average molecular weight is 309 g/mol. The highest BCUT2D eigenvalue weighted by molar-refractivity contribution is 8.16. The number of hydrogen-bond donors (Lipinski definition) is 0. The van der Waals surface area contributed by atoms with E-state index in [1.54, 1.807) is 0 Å². The van der Waals surface area contributed by atoms with Crippen molar-refractivity contribution < 1.29 is 4.43 Å². The van der Waals surface area contributed by atoms with Crippen LogP contribution in [0.25, 0.3) is 0 Å². The van der Waals surface area contributed by atoms with Crippen molar-refractivity contribution >= 4 is 31.8 Å². The minimum atomic E-state index is -1.53. The van der Waals surface area contributed by atoms with Gasteiger partial charge in [-0.1, -0.05) is 34.6 Å². The third-order valence-electron chi connectivity index (χ3n) is 3.56. The van der Waals surface area contributed by atoms with E-state index in [-0.39, 0.29) is 0 Å². The summed E-state index contributed by atoms with van der Waals surface area (Å²) in [4.78, 5) is 0. The van der Waals surface area contributed by atoms with Crippen LogP contribution in [0.15, 0.2) is 0 Å². The third kappa shape index (κ3) is 7.46. The first-order valence-corrected chi connectivity index (χ1v) is 12.1. The van der Waals surface area contributed by atoms with Crippen LogP contribution in [-0.2, 0) is 4.43 Å². The van der Waals surface area contributed by atoms with Crippen molar-refractivity contribution in [2.75, 3.05) is 18.1 Å². The van der Waals surface area contributed by atoms with Crippen LogP contribution in [0.1, 0.15) is 47.5 Å². The van der Waals surface area contributed by atoms with Crippen molar-refractivity contribution in [2.45, 2.75) is 70.2 Å². The number of rotatable bonds is 9. The maximum absolute atomic E-state index is 6.22. The zero-order chi connectivity index (χ0) is 14.2. The zero-order valence-electron chi connectivity index (χ0n) is 13.3. The summed E-state index contributed by atoms with van der Waals surface area (Å²) in [5, 5.41) is 0.336. The third-order valence-corrected chi connectivity index (χ3v) is 10.8. The first-order valence-electron chi connectivity index (χ1n) is 7.11.